The normalized spacial score (nSPS) is 18.9. The lowest BCUT2D eigenvalue weighted by atomic mass is 9.89. The molecule has 2 atom stereocenters. The van der Waals surface area contributed by atoms with Gasteiger partial charge in [-0.2, -0.15) is 0 Å². The second-order valence-corrected chi connectivity index (χ2v) is 6.27. The fourth-order valence-corrected chi connectivity index (χ4v) is 3.26. The Morgan fingerprint density at radius 1 is 1.11 bits per heavy atom. The largest absolute Gasteiger partial charge is 0.481 e. The van der Waals surface area contributed by atoms with Crippen molar-refractivity contribution in [3.63, 3.8) is 0 Å². The molecule has 0 aliphatic carbocycles. The van der Waals surface area contributed by atoms with Gasteiger partial charge in [-0.05, 0) is 11.6 Å². The van der Waals surface area contributed by atoms with Gasteiger partial charge in [0.15, 0.2) is 12.4 Å². The van der Waals surface area contributed by atoms with Gasteiger partial charge in [0.05, 0.1) is 10.8 Å². The molecular formula is C19H18N2O6. The molecule has 8 nitrogen and oxygen atoms in total. The van der Waals surface area contributed by atoms with Gasteiger partial charge < -0.3 is 14.7 Å². The predicted molar refractivity (Wildman–Crippen MR) is 95.5 cm³/mol. The monoisotopic (exact) mass is 370 g/mol. The lowest BCUT2D eigenvalue weighted by Crippen LogP contribution is -2.33. The Bertz CT molecular complexity index is 854. The Morgan fingerprint density at radius 3 is 2.44 bits per heavy atom. The topological polar surface area (TPSA) is 110 Å². The van der Waals surface area contributed by atoms with Gasteiger partial charge in [-0.3, -0.25) is 19.7 Å². The third-order valence-corrected chi connectivity index (χ3v) is 4.63. The summed E-state index contributed by atoms with van der Waals surface area (Å²) in [4.78, 5) is 36.0. The first-order chi connectivity index (χ1) is 13.0. The minimum atomic E-state index is -0.959. The maximum absolute atomic E-state index is 12.5. The lowest BCUT2D eigenvalue weighted by Gasteiger charge is -2.17. The van der Waals surface area contributed by atoms with E-state index in [-0.39, 0.29) is 30.4 Å². The predicted octanol–water partition coefficient (Wildman–Crippen LogP) is 2.30. The zero-order chi connectivity index (χ0) is 19.4. The van der Waals surface area contributed by atoms with E-state index >= 15 is 0 Å². The molecular weight excluding hydrogens is 352 g/mol. The number of carboxylic acid groups (broad SMARTS) is 1. The summed E-state index contributed by atoms with van der Waals surface area (Å²) in [7, 11) is 0. The van der Waals surface area contributed by atoms with Gasteiger partial charge >= 0.3 is 11.7 Å². The molecule has 2 unspecified atom stereocenters. The van der Waals surface area contributed by atoms with Crippen molar-refractivity contribution in [1.82, 2.24) is 4.90 Å². The number of benzene rings is 2. The van der Waals surface area contributed by atoms with Crippen LogP contribution in [0.4, 0.5) is 5.69 Å². The Morgan fingerprint density at radius 2 is 1.78 bits per heavy atom. The van der Waals surface area contributed by atoms with Gasteiger partial charge in [0, 0.05) is 25.1 Å². The number of ether oxygens (including phenoxy) is 1. The average molecular weight is 370 g/mol. The number of nitro benzene ring substituents is 1. The van der Waals surface area contributed by atoms with Crippen LogP contribution in [0.25, 0.3) is 0 Å². The number of nitrogens with zero attached hydrogens (tertiary/aromatic N) is 2. The molecule has 8 heteroatoms. The zero-order valence-electron chi connectivity index (χ0n) is 14.4. The number of nitro groups is 1. The number of para-hydroxylation sites is 2. The van der Waals surface area contributed by atoms with Crippen molar-refractivity contribution < 1.29 is 24.4 Å². The number of carbonyl (C=O) groups excluding carboxylic acids is 1. The van der Waals surface area contributed by atoms with Gasteiger partial charge in [-0.15, -0.1) is 0 Å². The smallest absolute Gasteiger partial charge is 0.310 e. The molecule has 2 aromatic carbocycles. The van der Waals surface area contributed by atoms with Crippen molar-refractivity contribution in [1.29, 1.82) is 0 Å². The maximum Gasteiger partial charge on any atom is 0.310 e. The highest BCUT2D eigenvalue weighted by molar-refractivity contribution is 5.81. The van der Waals surface area contributed by atoms with E-state index in [2.05, 4.69) is 0 Å². The van der Waals surface area contributed by atoms with Crippen molar-refractivity contribution in [3.05, 3.63) is 70.3 Å². The van der Waals surface area contributed by atoms with E-state index in [4.69, 9.17) is 4.74 Å². The lowest BCUT2D eigenvalue weighted by molar-refractivity contribution is -0.385. The Hall–Kier alpha value is -3.42. The molecule has 1 N–H and O–H groups in total. The summed E-state index contributed by atoms with van der Waals surface area (Å²) >= 11 is 0. The molecule has 1 aliphatic rings. The molecule has 0 radical (unpaired) electrons. The van der Waals surface area contributed by atoms with E-state index in [1.807, 2.05) is 30.3 Å². The Labute approximate surface area is 155 Å². The summed E-state index contributed by atoms with van der Waals surface area (Å²) in [5, 5.41) is 20.5. The molecule has 27 heavy (non-hydrogen) atoms. The van der Waals surface area contributed by atoms with Crippen molar-refractivity contribution >= 4 is 17.6 Å². The Balaban J connectivity index is 1.69. The number of likely N-dealkylation sites (tertiary alicyclic amines) is 1. The highest BCUT2D eigenvalue weighted by Crippen LogP contribution is 2.33. The van der Waals surface area contributed by atoms with Crippen LogP contribution in [0.2, 0.25) is 0 Å². The molecule has 3 rings (SSSR count). The summed E-state index contributed by atoms with van der Waals surface area (Å²) in [6, 6.07) is 15.0. The van der Waals surface area contributed by atoms with E-state index < -0.39 is 29.3 Å². The summed E-state index contributed by atoms with van der Waals surface area (Å²) in [5.74, 6) is -2.37. The van der Waals surface area contributed by atoms with Gasteiger partial charge in [0.25, 0.3) is 5.91 Å². The Kier molecular flexibility index (Phi) is 5.35. The highest BCUT2D eigenvalue weighted by Gasteiger charge is 2.40. The summed E-state index contributed by atoms with van der Waals surface area (Å²) in [5.41, 5.74) is 0.636. The number of aliphatic carboxylic acids is 1. The number of carboxylic acids is 1. The van der Waals surface area contributed by atoms with Crippen LogP contribution in [-0.4, -0.2) is 46.5 Å². The summed E-state index contributed by atoms with van der Waals surface area (Å²) < 4.78 is 5.33. The van der Waals surface area contributed by atoms with Gasteiger partial charge in [-0.25, -0.2) is 0 Å². The molecule has 1 amide bonds. The van der Waals surface area contributed by atoms with Crippen LogP contribution in [0.5, 0.6) is 5.75 Å². The van der Waals surface area contributed by atoms with E-state index in [0.29, 0.717) is 0 Å². The summed E-state index contributed by atoms with van der Waals surface area (Å²) in [6.07, 6.45) is 0. The maximum atomic E-state index is 12.5. The van der Waals surface area contributed by atoms with Crippen LogP contribution >= 0.6 is 0 Å². The van der Waals surface area contributed by atoms with Gasteiger partial charge in [-0.1, -0.05) is 42.5 Å². The average Bonchev–Trinajstić information content (AvgIpc) is 3.13. The van der Waals surface area contributed by atoms with E-state index in [0.717, 1.165) is 5.56 Å². The second-order valence-electron chi connectivity index (χ2n) is 6.27. The highest BCUT2D eigenvalue weighted by atomic mass is 16.6. The molecule has 1 aliphatic heterocycles. The van der Waals surface area contributed by atoms with Crippen molar-refractivity contribution in [2.24, 2.45) is 5.92 Å². The standard InChI is InChI=1S/C19H18N2O6/c22-18(12-27-17-9-5-4-8-16(17)21(25)26)20-10-14(15(11-20)19(23)24)13-6-2-1-3-7-13/h1-9,14-15H,10-12H2,(H,23,24). The third-order valence-electron chi connectivity index (χ3n) is 4.63. The third kappa shape index (κ3) is 4.05. The van der Waals surface area contributed by atoms with E-state index in [9.17, 15) is 24.8 Å². The molecule has 0 aromatic heterocycles. The van der Waals surface area contributed by atoms with Crippen LogP contribution in [0.1, 0.15) is 11.5 Å². The first-order valence-corrected chi connectivity index (χ1v) is 8.39. The number of hydrogen-bond donors (Lipinski definition) is 1. The first-order valence-electron chi connectivity index (χ1n) is 8.39. The zero-order valence-corrected chi connectivity index (χ0v) is 14.4. The van der Waals surface area contributed by atoms with Crippen LogP contribution in [0.3, 0.4) is 0 Å². The van der Waals surface area contributed by atoms with Crippen LogP contribution < -0.4 is 4.74 Å². The van der Waals surface area contributed by atoms with Crippen LogP contribution in [0.15, 0.2) is 54.6 Å². The fraction of sp³-hybridized carbons (Fsp3) is 0.263. The quantitative estimate of drug-likeness (QED) is 0.617. The molecule has 2 aromatic rings. The van der Waals surface area contributed by atoms with E-state index in [1.54, 1.807) is 6.07 Å². The van der Waals surface area contributed by atoms with Crippen molar-refractivity contribution in [2.75, 3.05) is 19.7 Å². The van der Waals surface area contributed by atoms with Crippen molar-refractivity contribution in [2.45, 2.75) is 5.92 Å². The van der Waals surface area contributed by atoms with E-state index in [1.165, 1.54) is 23.1 Å². The van der Waals surface area contributed by atoms with Crippen LogP contribution in [-0.2, 0) is 9.59 Å². The molecule has 1 saturated heterocycles. The fourth-order valence-electron chi connectivity index (χ4n) is 3.26. The van der Waals surface area contributed by atoms with Gasteiger partial charge in [0.2, 0.25) is 0 Å². The number of amides is 1. The number of rotatable bonds is 6. The number of carbonyl (C=O) groups is 2. The number of hydrogen-bond acceptors (Lipinski definition) is 5. The second kappa shape index (κ2) is 7.86. The molecule has 140 valence electrons. The molecule has 0 spiro atoms. The minimum absolute atomic E-state index is 0.00411. The minimum Gasteiger partial charge on any atom is -0.481 e. The summed E-state index contributed by atoms with van der Waals surface area (Å²) in [6.45, 7) is -0.0489. The van der Waals surface area contributed by atoms with Crippen molar-refractivity contribution in [3.8, 4) is 5.75 Å². The van der Waals surface area contributed by atoms with Gasteiger partial charge in [0.1, 0.15) is 0 Å². The van der Waals surface area contributed by atoms with Crippen LogP contribution in [0, 0.1) is 16.0 Å². The first kappa shape index (κ1) is 18.4. The molecule has 1 fully saturated rings. The molecule has 1 heterocycles. The molecule has 0 bridgehead atoms. The molecule has 0 saturated carbocycles. The SMILES string of the molecule is O=C(O)C1CN(C(=O)COc2ccccc2[N+](=O)[O-])CC1c1ccccc1.